The molecule has 0 bridgehead atoms. The second-order valence-corrected chi connectivity index (χ2v) is 5.43. The molecule has 1 atom stereocenters. The van der Waals surface area contributed by atoms with Gasteiger partial charge in [-0.2, -0.15) is 0 Å². The Bertz CT molecular complexity index is 502. The van der Waals surface area contributed by atoms with Gasteiger partial charge in [0.15, 0.2) is 5.17 Å². The van der Waals surface area contributed by atoms with Crippen LogP contribution in [0.15, 0.2) is 4.99 Å². The molecule has 2 saturated heterocycles. The molecule has 2 aliphatic heterocycles. The molecule has 8 nitrogen and oxygen atoms in total. The fourth-order valence-electron chi connectivity index (χ4n) is 1.79. The number of imide groups is 1. The number of carbonyl (C=O) groups is 4. The Hall–Kier alpha value is -1.90. The topological polar surface area (TPSA) is 96.3 Å². The molecule has 3 amide bonds. The van der Waals surface area contributed by atoms with Gasteiger partial charge in [-0.05, 0) is 0 Å². The average molecular weight is 299 g/mol. The number of hydrogen-bond donors (Lipinski definition) is 0. The van der Waals surface area contributed by atoms with Crippen molar-refractivity contribution in [2.45, 2.75) is 24.5 Å². The number of hydroxylamine groups is 2. The fourth-order valence-corrected chi connectivity index (χ4v) is 2.78. The minimum Gasteiger partial charge on any atom is -0.329 e. The third kappa shape index (κ3) is 2.67. The van der Waals surface area contributed by atoms with Crippen molar-refractivity contribution in [3.8, 4) is 0 Å². The maximum atomic E-state index is 11.9. The molecule has 0 radical (unpaired) electrons. The van der Waals surface area contributed by atoms with Crippen molar-refractivity contribution in [3.63, 3.8) is 0 Å². The molecule has 2 rings (SSSR count). The van der Waals surface area contributed by atoms with Crippen LogP contribution in [-0.4, -0.2) is 58.2 Å². The number of amidine groups is 1. The van der Waals surface area contributed by atoms with Gasteiger partial charge in [0.2, 0.25) is 5.91 Å². The lowest BCUT2D eigenvalue weighted by atomic mass is 10.3. The Balaban J connectivity index is 2.04. The van der Waals surface area contributed by atoms with Crippen molar-refractivity contribution in [1.82, 2.24) is 9.96 Å². The predicted molar refractivity (Wildman–Crippen MR) is 69.3 cm³/mol. The summed E-state index contributed by atoms with van der Waals surface area (Å²) < 4.78 is 0. The molecular weight excluding hydrogens is 286 g/mol. The summed E-state index contributed by atoms with van der Waals surface area (Å²) in [6.45, 7) is 0. The molecule has 9 heteroatoms. The molecule has 0 aromatic carbocycles. The van der Waals surface area contributed by atoms with Crippen molar-refractivity contribution in [2.75, 3.05) is 14.1 Å². The second-order valence-electron chi connectivity index (χ2n) is 4.26. The number of hydrogen-bond acceptors (Lipinski definition) is 7. The lowest BCUT2D eigenvalue weighted by Crippen LogP contribution is -2.44. The first kappa shape index (κ1) is 14.5. The van der Waals surface area contributed by atoms with Gasteiger partial charge in [0.25, 0.3) is 11.8 Å². The molecule has 20 heavy (non-hydrogen) atoms. The summed E-state index contributed by atoms with van der Waals surface area (Å²) >= 11 is 1.07. The highest BCUT2D eigenvalue weighted by Gasteiger charge is 2.39. The van der Waals surface area contributed by atoms with E-state index in [4.69, 9.17) is 4.84 Å². The van der Waals surface area contributed by atoms with Gasteiger partial charge in [-0.25, -0.2) is 4.79 Å². The molecule has 0 aromatic heterocycles. The SMILES string of the molecule is CN=C1S[C@H](C(=O)ON2C(=O)CCC2=O)CC(=O)N1C. The first-order valence-electron chi connectivity index (χ1n) is 5.91. The van der Waals surface area contributed by atoms with E-state index in [9.17, 15) is 19.2 Å². The summed E-state index contributed by atoms with van der Waals surface area (Å²) in [7, 11) is 3.07. The van der Waals surface area contributed by atoms with E-state index in [2.05, 4.69) is 4.99 Å². The van der Waals surface area contributed by atoms with Crippen LogP contribution in [0.2, 0.25) is 0 Å². The largest absolute Gasteiger partial charge is 0.347 e. The quantitative estimate of drug-likeness (QED) is 0.640. The van der Waals surface area contributed by atoms with E-state index in [-0.39, 0.29) is 25.2 Å². The van der Waals surface area contributed by atoms with E-state index < -0.39 is 23.0 Å². The van der Waals surface area contributed by atoms with Crippen LogP contribution in [-0.2, 0) is 24.0 Å². The zero-order valence-electron chi connectivity index (χ0n) is 11.0. The molecule has 2 fully saturated rings. The summed E-state index contributed by atoms with van der Waals surface area (Å²) in [6.07, 6.45) is 0.00968. The predicted octanol–water partition coefficient (Wildman–Crippen LogP) is -0.457. The van der Waals surface area contributed by atoms with Crippen molar-refractivity contribution in [2.24, 2.45) is 4.99 Å². The number of carbonyl (C=O) groups excluding carboxylic acids is 4. The van der Waals surface area contributed by atoms with Crippen LogP contribution in [0.5, 0.6) is 0 Å². The molecule has 0 saturated carbocycles. The monoisotopic (exact) mass is 299 g/mol. The number of aliphatic imine (C=N–C) groups is 1. The minimum absolute atomic E-state index is 0.0350. The number of nitrogens with zero attached hydrogens (tertiary/aromatic N) is 3. The van der Waals surface area contributed by atoms with Gasteiger partial charge in [-0.3, -0.25) is 24.3 Å². The van der Waals surface area contributed by atoms with Crippen molar-refractivity contribution in [1.29, 1.82) is 0 Å². The van der Waals surface area contributed by atoms with Crippen LogP contribution < -0.4 is 0 Å². The van der Waals surface area contributed by atoms with Crippen LogP contribution in [0.25, 0.3) is 0 Å². The van der Waals surface area contributed by atoms with Gasteiger partial charge in [0.05, 0.1) is 6.42 Å². The van der Waals surface area contributed by atoms with Crippen LogP contribution in [0, 0.1) is 0 Å². The van der Waals surface area contributed by atoms with E-state index in [1.54, 1.807) is 7.05 Å². The molecule has 0 N–H and O–H groups in total. The van der Waals surface area contributed by atoms with Crippen molar-refractivity contribution < 1.29 is 24.0 Å². The van der Waals surface area contributed by atoms with Crippen molar-refractivity contribution >= 4 is 40.6 Å². The molecule has 0 spiro atoms. The van der Waals surface area contributed by atoms with Crippen LogP contribution in [0.3, 0.4) is 0 Å². The zero-order valence-corrected chi connectivity index (χ0v) is 11.8. The Morgan fingerprint density at radius 3 is 2.40 bits per heavy atom. The lowest BCUT2D eigenvalue weighted by molar-refractivity contribution is -0.197. The van der Waals surface area contributed by atoms with E-state index in [0.717, 1.165) is 11.8 Å². The highest BCUT2D eigenvalue weighted by molar-refractivity contribution is 8.15. The third-order valence-corrected chi connectivity index (χ3v) is 4.22. The molecule has 0 unspecified atom stereocenters. The summed E-state index contributed by atoms with van der Waals surface area (Å²) in [5, 5.41) is 0.0648. The van der Waals surface area contributed by atoms with E-state index >= 15 is 0 Å². The molecule has 0 aromatic rings. The van der Waals surface area contributed by atoms with Gasteiger partial charge in [-0.1, -0.05) is 11.8 Å². The van der Waals surface area contributed by atoms with Gasteiger partial charge >= 0.3 is 5.97 Å². The number of rotatable bonds is 2. The molecule has 2 heterocycles. The van der Waals surface area contributed by atoms with Crippen LogP contribution in [0.1, 0.15) is 19.3 Å². The average Bonchev–Trinajstić information content (AvgIpc) is 2.73. The van der Waals surface area contributed by atoms with E-state index in [1.807, 2.05) is 0 Å². The second kappa shape index (κ2) is 5.61. The lowest BCUT2D eigenvalue weighted by Gasteiger charge is -2.28. The summed E-state index contributed by atoms with van der Waals surface area (Å²) in [5.41, 5.74) is 0. The van der Waals surface area contributed by atoms with Gasteiger partial charge in [0, 0.05) is 26.9 Å². The highest BCUT2D eigenvalue weighted by atomic mass is 32.2. The molecule has 108 valence electrons. The van der Waals surface area contributed by atoms with Crippen LogP contribution >= 0.6 is 11.8 Å². The van der Waals surface area contributed by atoms with Crippen molar-refractivity contribution in [3.05, 3.63) is 0 Å². The number of amides is 3. The highest BCUT2D eigenvalue weighted by Crippen LogP contribution is 2.27. The van der Waals surface area contributed by atoms with E-state index in [0.29, 0.717) is 10.2 Å². The van der Waals surface area contributed by atoms with Gasteiger partial charge in [0.1, 0.15) is 5.25 Å². The molecule has 2 aliphatic rings. The Morgan fingerprint density at radius 1 is 1.25 bits per heavy atom. The standard InChI is InChI=1S/C11H13N3O5S/c1-12-11-13(2)9(17)5-6(20-11)10(18)19-14-7(15)3-4-8(14)16/h6H,3-5H2,1-2H3/t6-/m0/s1. The van der Waals surface area contributed by atoms with E-state index in [1.165, 1.54) is 11.9 Å². The summed E-state index contributed by atoms with van der Waals surface area (Å²) in [6, 6.07) is 0. The summed E-state index contributed by atoms with van der Waals surface area (Å²) in [5.74, 6) is -2.15. The molecular formula is C11H13N3O5S. The first-order valence-corrected chi connectivity index (χ1v) is 6.79. The molecule has 0 aliphatic carbocycles. The maximum absolute atomic E-state index is 11.9. The maximum Gasteiger partial charge on any atom is 0.347 e. The number of thioether (sulfide) groups is 1. The smallest absolute Gasteiger partial charge is 0.329 e. The third-order valence-electron chi connectivity index (χ3n) is 2.91. The minimum atomic E-state index is -0.807. The summed E-state index contributed by atoms with van der Waals surface area (Å²) in [4.78, 5) is 56.4. The van der Waals surface area contributed by atoms with Crippen LogP contribution in [0.4, 0.5) is 0 Å². The Morgan fingerprint density at radius 2 is 1.85 bits per heavy atom. The zero-order chi connectivity index (χ0) is 14.9. The first-order chi connectivity index (χ1) is 9.43. The van der Waals surface area contributed by atoms with Gasteiger partial charge in [-0.15, -0.1) is 5.06 Å². The normalized spacial score (nSPS) is 25.6. The Kier molecular flexibility index (Phi) is 4.07. The van der Waals surface area contributed by atoms with Gasteiger partial charge < -0.3 is 4.84 Å². The Labute approximate surface area is 119 Å². The fraction of sp³-hybridized carbons (Fsp3) is 0.545.